The van der Waals surface area contributed by atoms with Crippen molar-refractivity contribution in [1.82, 2.24) is 25.0 Å². The van der Waals surface area contributed by atoms with Gasteiger partial charge in [-0.1, -0.05) is 5.16 Å². The van der Waals surface area contributed by atoms with Crippen molar-refractivity contribution >= 4 is 5.91 Å². The van der Waals surface area contributed by atoms with Crippen LogP contribution in [-0.2, 0) is 0 Å². The molecule has 132 valence electrons. The molecule has 0 spiro atoms. The molecule has 1 atom stereocenters. The molecule has 4 heterocycles. The molecule has 1 saturated heterocycles. The van der Waals surface area contributed by atoms with Gasteiger partial charge >= 0.3 is 0 Å². The Morgan fingerprint density at radius 1 is 1.23 bits per heavy atom. The molecule has 0 bridgehead atoms. The summed E-state index contributed by atoms with van der Waals surface area (Å²) in [6, 6.07) is 5.51. The molecular weight excluding hydrogens is 330 g/mol. The lowest BCUT2D eigenvalue weighted by atomic mass is 9.90. The topological polar surface area (TPSA) is 85.0 Å². The Balaban J connectivity index is 1.65. The second-order valence-corrected chi connectivity index (χ2v) is 6.42. The summed E-state index contributed by atoms with van der Waals surface area (Å²) in [5.74, 6) is 1.04. The van der Waals surface area contributed by atoms with Crippen LogP contribution in [0.5, 0.6) is 0 Å². The number of likely N-dealkylation sites (tertiary alicyclic amines) is 1. The lowest BCUT2D eigenvalue weighted by Gasteiger charge is -2.32. The normalized spacial score (nSPS) is 17.3. The largest absolute Gasteiger partial charge is 0.351 e. The number of hydrogen-bond acceptors (Lipinski definition) is 6. The first kappa shape index (κ1) is 16.4. The third-order valence-electron chi connectivity index (χ3n) is 4.67. The highest BCUT2D eigenvalue weighted by molar-refractivity contribution is 5.91. The number of aryl methyl sites for hydroxylation is 1. The van der Waals surface area contributed by atoms with Crippen LogP contribution in [0.2, 0.25) is 0 Å². The fourth-order valence-electron chi connectivity index (χ4n) is 3.42. The Labute approximate surface area is 151 Å². The molecule has 1 fully saturated rings. The predicted octanol–water partition coefficient (Wildman–Crippen LogP) is 2.85. The molecule has 0 aromatic carbocycles. The maximum Gasteiger partial charge on any atom is 0.292 e. The van der Waals surface area contributed by atoms with E-state index in [-0.39, 0.29) is 17.6 Å². The van der Waals surface area contributed by atoms with Crippen LogP contribution in [0.15, 0.2) is 47.5 Å². The van der Waals surface area contributed by atoms with Crippen molar-refractivity contribution in [3.05, 3.63) is 60.3 Å². The molecule has 1 aliphatic heterocycles. The second-order valence-electron chi connectivity index (χ2n) is 6.42. The highest BCUT2D eigenvalue weighted by atomic mass is 16.5. The van der Waals surface area contributed by atoms with Gasteiger partial charge in [0.05, 0.1) is 11.9 Å². The van der Waals surface area contributed by atoms with Crippen molar-refractivity contribution in [2.45, 2.75) is 25.7 Å². The van der Waals surface area contributed by atoms with Gasteiger partial charge < -0.3 is 9.42 Å². The lowest BCUT2D eigenvalue weighted by molar-refractivity contribution is 0.0664. The summed E-state index contributed by atoms with van der Waals surface area (Å²) in [6.45, 7) is 3.21. The molecule has 3 aromatic heterocycles. The standard InChI is InChI=1S/C19H19N5O2/c1-13-21-11-16(14-4-7-20-8-5-14)18(23-13)15-3-2-10-24(12-15)19(25)17-6-9-22-26-17/h4-9,11,15H,2-3,10,12H2,1H3. The molecule has 0 N–H and O–H groups in total. The van der Waals surface area contributed by atoms with Crippen molar-refractivity contribution in [2.24, 2.45) is 0 Å². The zero-order chi connectivity index (χ0) is 17.9. The van der Waals surface area contributed by atoms with Crippen LogP contribution in [0, 0.1) is 6.92 Å². The van der Waals surface area contributed by atoms with Gasteiger partial charge in [0, 0.05) is 49.2 Å². The molecule has 7 heteroatoms. The van der Waals surface area contributed by atoms with Gasteiger partial charge in [0.25, 0.3) is 5.91 Å². The van der Waals surface area contributed by atoms with E-state index in [1.807, 2.05) is 30.2 Å². The van der Waals surface area contributed by atoms with Crippen molar-refractivity contribution in [2.75, 3.05) is 13.1 Å². The summed E-state index contributed by atoms with van der Waals surface area (Å²) >= 11 is 0. The molecular formula is C19H19N5O2. The molecule has 1 unspecified atom stereocenters. The fraction of sp³-hybridized carbons (Fsp3) is 0.316. The van der Waals surface area contributed by atoms with Crippen molar-refractivity contribution < 1.29 is 9.32 Å². The SMILES string of the molecule is Cc1ncc(-c2ccncc2)c(C2CCCN(C(=O)c3ccno3)C2)n1. The quantitative estimate of drug-likeness (QED) is 0.723. The molecule has 0 aliphatic carbocycles. The summed E-state index contributed by atoms with van der Waals surface area (Å²) < 4.78 is 5.03. The van der Waals surface area contributed by atoms with E-state index in [4.69, 9.17) is 9.51 Å². The monoisotopic (exact) mass is 349 g/mol. The minimum Gasteiger partial charge on any atom is -0.351 e. The van der Waals surface area contributed by atoms with Crippen LogP contribution in [0.1, 0.15) is 40.8 Å². The Bertz CT molecular complexity index is 896. The van der Waals surface area contributed by atoms with E-state index in [0.29, 0.717) is 13.1 Å². The van der Waals surface area contributed by atoms with E-state index < -0.39 is 0 Å². The van der Waals surface area contributed by atoms with E-state index in [0.717, 1.165) is 35.5 Å². The van der Waals surface area contributed by atoms with Gasteiger partial charge in [-0.2, -0.15) is 0 Å². The van der Waals surface area contributed by atoms with Gasteiger partial charge in [-0.3, -0.25) is 9.78 Å². The Morgan fingerprint density at radius 3 is 2.85 bits per heavy atom. The van der Waals surface area contributed by atoms with E-state index in [9.17, 15) is 4.79 Å². The van der Waals surface area contributed by atoms with Gasteiger partial charge in [-0.05, 0) is 37.5 Å². The average molecular weight is 349 g/mol. The van der Waals surface area contributed by atoms with Crippen LogP contribution in [-0.4, -0.2) is 44.0 Å². The minimum atomic E-state index is -0.122. The van der Waals surface area contributed by atoms with Crippen LogP contribution >= 0.6 is 0 Å². The molecule has 0 saturated carbocycles. The minimum absolute atomic E-state index is 0.122. The summed E-state index contributed by atoms with van der Waals surface area (Å²) in [5, 5.41) is 3.63. The molecule has 0 radical (unpaired) electrons. The number of amides is 1. The number of rotatable bonds is 3. The third kappa shape index (κ3) is 3.20. The second kappa shape index (κ2) is 7.03. The first-order valence-electron chi connectivity index (χ1n) is 8.66. The van der Waals surface area contributed by atoms with Crippen LogP contribution in [0.25, 0.3) is 11.1 Å². The van der Waals surface area contributed by atoms with Crippen LogP contribution < -0.4 is 0 Å². The van der Waals surface area contributed by atoms with Gasteiger partial charge in [0.2, 0.25) is 5.76 Å². The van der Waals surface area contributed by atoms with Crippen LogP contribution in [0.4, 0.5) is 0 Å². The molecule has 7 nitrogen and oxygen atoms in total. The average Bonchev–Trinajstić information content (AvgIpc) is 3.23. The highest BCUT2D eigenvalue weighted by Gasteiger charge is 2.29. The first-order valence-corrected chi connectivity index (χ1v) is 8.66. The van der Waals surface area contributed by atoms with Crippen molar-refractivity contribution in [1.29, 1.82) is 0 Å². The van der Waals surface area contributed by atoms with E-state index >= 15 is 0 Å². The van der Waals surface area contributed by atoms with Gasteiger partial charge in [0.1, 0.15) is 5.82 Å². The predicted molar refractivity (Wildman–Crippen MR) is 94.4 cm³/mol. The zero-order valence-corrected chi connectivity index (χ0v) is 14.5. The Morgan fingerprint density at radius 2 is 2.08 bits per heavy atom. The molecule has 4 rings (SSSR count). The number of carbonyl (C=O) groups is 1. The molecule has 3 aromatic rings. The zero-order valence-electron chi connectivity index (χ0n) is 14.5. The number of piperidine rings is 1. The number of aromatic nitrogens is 4. The molecule has 1 aliphatic rings. The Kier molecular flexibility index (Phi) is 4.43. The maximum absolute atomic E-state index is 12.6. The van der Waals surface area contributed by atoms with Gasteiger partial charge in [0.15, 0.2) is 0 Å². The van der Waals surface area contributed by atoms with Crippen LogP contribution in [0.3, 0.4) is 0 Å². The van der Waals surface area contributed by atoms with Crippen molar-refractivity contribution in [3.8, 4) is 11.1 Å². The summed E-state index contributed by atoms with van der Waals surface area (Å²) in [6.07, 6.45) is 8.78. The maximum atomic E-state index is 12.6. The summed E-state index contributed by atoms with van der Waals surface area (Å²) in [4.78, 5) is 27.6. The lowest BCUT2D eigenvalue weighted by Crippen LogP contribution is -2.39. The summed E-state index contributed by atoms with van der Waals surface area (Å²) in [7, 11) is 0. The highest BCUT2D eigenvalue weighted by Crippen LogP contribution is 2.33. The number of carbonyl (C=O) groups excluding carboxylic acids is 1. The molecule has 26 heavy (non-hydrogen) atoms. The number of nitrogens with zero attached hydrogens (tertiary/aromatic N) is 5. The van der Waals surface area contributed by atoms with E-state index in [1.54, 1.807) is 18.5 Å². The number of hydrogen-bond donors (Lipinski definition) is 0. The van der Waals surface area contributed by atoms with Gasteiger partial charge in [-0.15, -0.1) is 0 Å². The smallest absolute Gasteiger partial charge is 0.292 e. The first-order chi connectivity index (χ1) is 12.7. The fourth-order valence-corrected chi connectivity index (χ4v) is 3.42. The van der Waals surface area contributed by atoms with Gasteiger partial charge in [-0.25, -0.2) is 9.97 Å². The van der Waals surface area contributed by atoms with E-state index in [1.165, 1.54) is 6.20 Å². The summed E-state index contributed by atoms with van der Waals surface area (Å²) in [5.41, 5.74) is 3.02. The third-order valence-corrected chi connectivity index (χ3v) is 4.67. The number of pyridine rings is 1. The Hall–Kier alpha value is -3.09. The van der Waals surface area contributed by atoms with E-state index in [2.05, 4.69) is 15.1 Å². The van der Waals surface area contributed by atoms with Crippen molar-refractivity contribution in [3.63, 3.8) is 0 Å². The molecule has 1 amide bonds.